The van der Waals surface area contributed by atoms with Crippen LogP contribution in [0.25, 0.3) is 0 Å². The monoisotopic (exact) mass is 170 g/mol. The molecule has 0 bridgehead atoms. The van der Waals surface area contributed by atoms with E-state index in [1.54, 1.807) is 19.9 Å². The molecule has 0 rings (SSSR count). The summed E-state index contributed by atoms with van der Waals surface area (Å²) in [5, 5.41) is 0. The number of Topliss-reactive ketones (excluding diaryl/α,β-unsaturated/α-hetero) is 1. The fourth-order valence-electron chi connectivity index (χ4n) is 0.615. The van der Waals surface area contributed by atoms with Gasteiger partial charge < -0.3 is 4.74 Å². The van der Waals surface area contributed by atoms with Crippen molar-refractivity contribution in [1.82, 2.24) is 0 Å². The lowest BCUT2D eigenvalue weighted by Crippen LogP contribution is -2.20. The molecular weight excluding hydrogens is 156 g/mol. The van der Waals surface area contributed by atoms with E-state index in [1.807, 2.05) is 0 Å². The van der Waals surface area contributed by atoms with Crippen LogP contribution in [0.5, 0.6) is 0 Å². The molecule has 0 aromatic carbocycles. The zero-order valence-electron chi connectivity index (χ0n) is 7.50. The first-order chi connectivity index (χ1) is 5.57. The van der Waals surface area contributed by atoms with Gasteiger partial charge in [-0.15, -0.1) is 6.58 Å². The molecule has 68 valence electrons. The number of ketones is 1. The van der Waals surface area contributed by atoms with E-state index in [0.29, 0.717) is 6.42 Å². The minimum Gasteiger partial charge on any atom is -0.457 e. The van der Waals surface area contributed by atoms with E-state index in [9.17, 15) is 9.59 Å². The topological polar surface area (TPSA) is 43.4 Å². The lowest BCUT2D eigenvalue weighted by molar-refractivity contribution is -0.156. The van der Waals surface area contributed by atoms with Crippen LogP contribution in [0.4, 0.5) is 0 Å². The maximum atomic E-state index is 10.9. The van der Waals surface area contributed by atoms with E-state index in [-0.39, 0.29) is 12.5 Å². The minimum atomic E-state index is -0.744. The largest absolute Gasteiger partial charge is 0.457 e. The van der Waals surface area contributed by atoms with Gasteiger partial charge in [-0.05, 0) is 20.3 Å². The Morgan fingerprint density at radius 1 is 1.50 bits per heavy atom. The van der Waals surface area contributed by atoms with Gasteiger partial charge in [0.15, 0.2) is 0 Å². The normalized spacial score (nSPS) is 9.58. The second-order valence-electron chi connectivity index (χ2n) is 2.70. The Kier molecular flexibility index (Phi) is 5.00. The third-order valence-corrected chi connectivity index (χ3v) is 1.15. The van der Waals surface area contributed by atoms with Gasteiger partial charge in [0.25, 0.3) is 0 Å². The summed E-state index contributed by atoms with van der Waals surface area (Å²) in [6.45, 7) is 6.86. The molecular formula is C9H14O3. The fraction of sp³-hybridized carbons (Fsp3) is 0.556. The second-order valence-corrected chi connectivity index (χ2v) is 2.70. The number of carbonyl (C=O) groups excluding carboxylic acids is 2. The lowest BCUT2D eigenvalue weighted by atomic mass is 10.2. The number of rotatable bonds is 5. The maximum absolute atomic E-state index is 10.9. The summed E-state index contributed by atoms with van der Waals surface area (Å²) in [6.07, 6.45) is 2.08. The van der Waals surface area contributed by atoms with E-state index in [1.165, 1.54) is 0 Å². The summed E-state index contributed by atoms with van der Waals surface area (Å²) in [7, 11) is 0. The molecule has 12 heavy (non-hydrogen) atoms. The maximum Gasteiger partial charge on any atom is 0.374 e. The predicted octanol–water partition coefficient (Wildman–Crippen LogP) is 1.47. The first kappa shape index (κ1) is 10.9. The predicted molar refractivity (Wildman–Crippen MR) is 45.7 cm³/mol. The highest BCUT2D eigenvalue weighted by Crippen LogP contribution is 1.96. The summed E-state index contributed by atoms with van der Waals surface area (Å²) in [6, 6.07) is 0. The Labute approximate surface area is 72.4 Å². The Morgan fingerprint density at radius 2 is 2.08 bits per heavy atom. The Balaban J connectivity index is 3.77. The Bertz CT molecular complexity index is 182. The number of hydrogen-bond acceptors (Lipinski definition) is 3. The molecule has 0 aliphatic rings. The number of ether oxygens (including phenoxy) is 1. The summed E-state index contributed by atoms with van der Waals surface area (Å²) in [5.41, 5.74) is 0. The van der Waals surface area contributed by atoms with E-state index in [2.05, 4.69) is 11.3 Å². The molecule has 0 radical (unpaired) electrons. The van der Waals surface area contributed by atoms with Crippen molar-refractivity contribution < 1.29 is 14.3 Å². The van der Waals surface area contributed by atoms with Gasteiger partial charge in [0.05, 0.1) is 6.10 Å². The molecule has 0 aliphatic heterocycles. The van der Waals surface area contributed by atoms with Crippen molar-refractivity contribution in [2.24, 2.45) is 0 Å². The van der Waals surface area contributed by atoms with E-state index in [4.69, 9.17) is 0 Å². The number of allylic oxidation sites excluding steroid dienone is 1. The van der Waals surface area contributed by atoms with Crippen LogP contribution in [0, 0.1) is 0 Å². The van der Waals surface area contributed by atoms with Crippen molar-refractivity contribution in [1.29, 1.82) is 0 Å². The molecule has 0 heterocycles. The van der Waals surface area contributed by atoms with Crippen molar-refractivity contribution >= 4 is 11.8 Å². The number of hydrogen-bond donors (Lipinski definition) is 0. The molecule has 0 saturated heterocycles. The van der Waals surface area contributed by atoms with E-state index in [0.717, 1.165) is 0 Å². The van der Waals surface area contributed by atoms with Crippen molar-refractivity contribution in [3.8, 4) is 0 Å². The average molecular weight is 170 g/mol. The third kappa shape index (κ3) is 4.66. The summed E-state index contributed by atoms with van der Waals surface area (Å²) >= 11 is 0. The summed E-state index contributed by atoms with van der Waals surface area (Å²) < 4.78 is 4.69. The van der Waals surface area contributed by atoms with Crippen molar-refractivity contribution in [2.45, 2.75) is 32.8 Å². The molecule has 0 fully saturated rings. The fourth-order valence-corrected chi connectivity index (χ4v) is 0.615. The number of esters is 1. The van der Waals surface area contributed by atoms with Gasteiger partial charge in [0.1, 0.15) is 0 Å². The highest BCUT2D eigenvalue weighted by atomic mass is 16.5. The Morgan fingerprint density at radius 3 is 2.50 bits per heavy atom. The lowest BCUT2D eigenvalue weighted by Gasteiger charge is -2.05. The van der Waals surface area contributed by atoms with Crippen LogP contribution in [-0.4, -0.2) is 17.9 Å². The molecule has 0 atom stereocenters. The van der Waals surface area contributed by atoms with Gasteiger partial charge in [-0.3, -0.25) is 4.79 Å². The highest BCUT2D eigenvalue weighted by molar-refractivity contribution is 6.33. The van der Waals surface area contributed by atoms with Crippen LogP contribution in [0.2, 0.25) is 0 Å². The Hall–Kier alpha value is -1.12. The van der Waals surface area contributed by atoms with Crippen molar-refractivity contribution in [2.75, 3.05) is 0 Å². The van der Waals surface area contributed by atoms with Gasteiger partial charge in [0.2, 0.25) is 5.78 Å². The molecule has 0 aromatic heterocycles. The van der Waals surface area contributed by atoms with Gasteiger partial charge in [-0.25, -0.2) is 4.79 Å². The van der Waals surface area contributed by atoms with Gasteiger partial charge in [0, 0.05) is 6.42 Å². The molecule has 0 aromatic rings. The summed E-state index contributed by atoms with van der Waals surface area (Å²) in [4.78, 5) is 21.8. The SMILES string of the molecule is C=CCCC(=O)C(=O)OC(C)C. The van der Waals surface area contributed by atoms with Crippen LogP contribution in [0.1, 0.15) is 26.7 Å². The molecule has 0 N–H and O–H groups in total. The van der Waals surface area contributed by atoms with Crippen molar-refractivity contribution in [3.05, 3.63) is 12.7 Å². The highest BCUT2D eigenvalue weighted by Gasteiger charge is 2.14. The third-order valence-electron chi connectivity index (χ3n) is 1.15. The molecule has 0 amide bonds. The van der Waals surface area contributed by atoms with E-state index >= 15 is 0 Å². The smallest absolute Gasteiger partial charge is 0.374 e. The van der Waals surface area contributed by atoms with Crippen LogP contribution in [-0.2, 0) is 14.3 Å². The first-order valence-corrected chi connectivity index (χ1v) is 3.92. The molecule has 0 aliphatic carbocycles. The molecule has 3 heteroatoms. The standard InChI is InChI=1S/C9H14O3/c1-4-5-6-8(10)9(11)12-7(2)3/h4,7H,1,5-6H2,2-3H3. The van der Waals surface area contributed by atoms with Gasteiger partial charge >= 0.3 is 5.97 Å². The quantitative estimate of drug-likeness (QED) is 0.356. The molecule has 0 saturated carbocycles. The second kappa shape index (κ2) is 5.52. The van der Waals surface area contributed by atoms with Crippen LogP contribution < -0.4 is 0 Å². The minimum absolute atomic E-state index is 0.190. The number of carbonyl (C=O) groups is 2. The van der Waals surface area contributed by atoms with Gasteiger partial charge in [-0.1, -0.05) is 6.08 Å². The summed E-state index contributed by atoms with van der Waals surface area (Å²) in [5.74, 6) is -1.23. The van der Waals surface area contributed by atoms with Gasteiger partial charge in [-0.2, -0.15) is 0 Å². The van der Waals surface area contributed by atoms with Crippen LogP contribution in [0.15, 0.2) is 12.7 Å². The first-order valence-electron chi connectivity index (χ1n) is 3.92. The molecule has 0 unspecified atom stereocenters. The van der Waals surface area contributed by atoms with Crippen molar-refractivity contribution in [3.63, 3.8) is 0 Å². The zero-order valence-corrected chi connectivity index (χ0v) is 7.50. The molecule has 0 spiro atoms. The average Bonchev–Trinajstić information content (AvgIpc) is 1.98. The zero-order chi connectivity index (χ0) is 9.56. The van der Waals surface area contributed by atoms with Crippen LogP contribution >= 0.6 is 0 Å². The van der Waals surface area contributed by atoms with E-state index < -0.39 is 11.8 Å². The van der Waals surface area contributed by atoms with Crippen LogP contribution in [0.3, 0.4) is 0 Å². The molecule has 3 nitrogen and oxygen atoms in total.